The Morgan fingerprint density at radius 3 is 2.32 bits per heavy atom. The molecular formula is C30H52O4. The van der Waals surface area contributed by atoms with Crippen LogP contribution in [0.3, 0.4) is 0 Å². The van der Waals surface area contributed by atoms with Crippen molar-refractivity contribution in [3.8, 4) is 0 Å². The molecule has 0 amide bonds. The van der Waals surface area contributed by atoms with Gasteiger partial charge in [-0.1, -0.05) is 65.5 Å². The third-order valence-electron chi connectivity index (χ3n) is 10.6. The maximum atomic E-state index is 10.2. The van der Waals surface area contributed by atoms with Crippen LogP contribution in [-0.4, -0.2) is 33.5 Å². The number of carboxylic acid groups (broad SMARTS) is 1. The zero-order chi connectivity index (χ0) is 25.3. The van der Waals surface area contributed by atoms with E-state index < -0.39 is 12.1 Å². The van der Waals surface area contributed by atoms with Crippen LogP contribution in [0.25, 0.3) is 0 Å². The summed E-state index contributed by atoms with van der Waals surface area (Å²) in [7, 11) is 0. The van der Waals surface area contributed by atoms with Gasteiger partial charge in [0.15, 0.2) is 0 Å². The molecule has 34 heavy (non-hydrogen) atoms. The van der Waals surface area contributed by atoms with E-state index in [2.05, 4.69) is 40.7 Å². The van der Waals surface area contributed by atoms with Gasteiger partial charge in [0.05, 0.1) is 6.10 Å². The normalized spacial score (nSPS) is 40.7. The lowest BCUT2D eigenvalue weighted by atomic mass is 9.47. The topological polar surface area (TPSA) is 77.8 Å². The van der Waals surface area contributed by atoms with Gasteiger partial charge in [-0.3, -0.25) is 0 Å². The largest absolute Gasteiger partial charge is 0.479 e. The van der Waals surface area contributed by atoms with Gasteiger partial charge in [-0.15, -0.1) is 0 Å². The molecule has 0 heterocycles. The smallest absolute Gasteiger partial charge is 0.332 e. The molecule has 4 aliphatic carbocycles. The third kappa shape index (κ3) is 5.59. The minimum absolute atomic E-state index is 0.0766. The maximum absolute atomic E-state index is 10.2. The van der Waals surface area contributed by atoms with Crippen LogP contribution in [0.4, 0.5) is 0 Å². The first-order chi connectivity index (χ1) is 15.9. The van der Waals surface area contributed by atoms with Crippen LogP contribution in [0.1, 0.15) is 112 Å². The van der Waals surface area contributed by atoms with Crippen LogP contribution in [0.5, 0.6) is 0 Å². The van der Waals surface area contributed by atoms with Crippen LogP contribution in [0, 0.1) is 46.3 Å². The molecule has 4 aliphatic rings. The summed E-state index contributed by atoms with van der Waals surface area (Å²) in [6, 6.07) is 0. The summed E-state index contributed by atoms with van der Waals surface area (Å²) in [6.45, 7) is 13.8. The van der Waals surface area contributed by atoms with E-state index in [0.717, 1.165) is 48.3 Å². The molecule has 0 aromatic carbocycles. The molecule has 0 aromatic rings. The average molecular weight is 477 g/mol. The van der Waals surface area contributed by atoms with Crippen molar-refractivity contribution in [3.63, 3.8) is 0 Å². The van der Waals surface area contributed by atoms with Gasteiger partial charge in [0.2, 0.25) is 0 Å². The molecule has 3 saturated carbocycles. The lowest BCUT2D eigenvalue weighted by Crippen LogP contribution is -2.50. The summed E-state index contributed by atoms with van der Waals surface area (Å²) >= 11 is 0. The Hall–Kier alpha value is -0.870. The Morgan fingerprint density at radius 2 is 1.71 bits per heavy atom. The Kier molecular flexibility index (Phi) is 8.99. The summed E-state index contributed by atoms with van der Waals surface area (Å²) < 4.78 is 0. The average Bonchev–Trinajstić information content (AvgIpc) is 3.11. The molecule has 2 unspecified atom stereocenters. The fourth-order valence-corrected chi connectivity index (χ4v) is 8.67. The van der Waals surface area contributed by atoms with E-state index in [1.807, 2.05) is 0 Å². The van der Waals surface area contributed by atoms with Crippen molar-refractivity contribution in [3.05, 3.63) is 11.6 Å². The first kappa shape index (κ1) is 27.7. The summed E-state index contributed by atoms with van der Waals surface area (Å²) in [5, 5.41) is 26.0. The van der Waals surface area contributed by atoms with Gasteiger partial charge >= 0.3 is 5.97 Å². The van der Waals surface area contributed by atoms with Crippen molar-refractivity contribution < 1.29 is 20.1 Å². The highest BCUT2D eigenvalue weighted by molar-refractivity contribution is 5.71. The number of carboxylic acids is 1. The predicted molar refractivity (Wildman–Crippen MR) is 138 cm³/mol. The molecule has 196 valence electrons. The van der Waals surface area contributed by atoms with Crippen molar-refractivity contribution in [2.24, 2.45) is 46.3 Å². The van der Waals surface area contributed by atoms with E-state index in [1.165, 1.54) is 64.7 Å². The molecule has 0 aromatic heterocycles. The molecule has 4 rings (SSSR count). The van der Waals surface area contributed by atoms with E-state index >= 15 is 0 Å². The molecular weight excluding hydrogens is 424 g/mol. The van der Waals surface area contributed by atoms with E-state index in [1.54, 1.807) is 5.57 Å². The van der Waals surface area contributed by atoms with Crippen molar-refractivity contribution in [2.75, 3.05) is 0 Å². The Balaban J connectivity index is 0.000000481. The van der Waals surface area contributed by atoms with Crippen LogP contribution in [0.2, 0.25) is 0 Å². The quantitative estimate of drug-likeness (QED) is 0.367. The Labute approximate surface area is 208 Å². The van der Waals surface area contributed by atoms with Crippen molar-refractivity contribution >= 4 is 5.97 Å². The summed E-state index contributed by atoms with van der Waals surface area (Å²) in [5.74, 6) is 4.27. The number of aliphatic carboxylic acids is 1. The first-order valence-electron chi connectivity index (χ1n) is 14.2. The zero-order valence-corrected chi connectivity index (χ0v) is 22.7. The van der Waals surface area contributed by atoms with Crippen LogP contribution in [-0.2, 0) is 4.79 Å². The van der Waals surface area contributed by atoms with E-state index in [-0.39, 0.29) is 6.10 Å². The summed E-state index contributed by atoms with van der Waals surface area (Å²) in [4.78, 5) is 9.45. The number of aliphatic hydroxyl groups is 2. The summed E-state index contributed by atoms with van der Waals surface area (Å²) in [6.07, 6.45) is 15.9. The van der Waals surface area contributed by atoms with Crippen LogP contribution < -0.4 is 0 Å². The molecule has 4 nitrogen and oxygen atoms in total. The monoisotopic (exact) mass is 476 g/mol. The van der Waals surface area contributed by atoms with Gasteiger partial charge in [-0.05, 0) is 105 Å². The van der Waals surface area contributed by atoms with Gasteiger partial charge < -0.3 is 15.3 Å². The highest BCUT2D eigenvalue weighted by atomic mass is 16.4. The molecule has 9 atom stereocenters. The number of aliphatic hydroxyl groups excluding tert-OH is 2. The van der Waals surface area contributed by atoms with Crippen molar-refractivity contribution in [1.82, 2.24) is 0 Å². The SMILES string of the molecule is CC(C)CCCC(C)[C@H]1CC[C@H]2[C@@H]3CC=C4C[C@@H](O)CC[C@]4(C)[C@H]3CC[C@]12C.CC(O)C(=O)O. The lowest BCUT2D eigenvalue weighted by molar-refractivity contribution is -0.145. The van der Waals surface area contributed by atoms with Gasteiger partial charge in [-0.2, -0.15) is 0 Å². The molecule has 3 fully saturated rings. The number of hydrogen-bond acceptors (Lipinski definition) is 3. The number of rotatable bonds is 6. The predicted octanol–water partition coefficient (Wildman–Crippen LogP) is 6.84. The second-order valence-corrected chi connectivity index (χ2v) is 13.2. The Morgan fingerprint density at radius 1 is 1.03 bits per heavy atom. The fourth-order valence-electron chi connectivity index (χ4n) is 8.67. The van der Waals surface area contributed by atoms with Gasteiger partial charge in [0.25, 0.3) is 0 Å². The second kappa shape index (κ2) is 11.0. The van der Waals surface area contributed by atoms with Crippen LogP contribution >= 0.6 is 0 Å². The molecule has 0 bridgehead atoms. The minimum Gasteiger partial charge on any atom is -0.479 e. The molecule has 4 heteroatoms. The lowest BCUT2D eigenvalue weighted by Gasteiger charge is -2.58. The van der Waals surface area contributed by atoms with Crippen molar-refractivity contribution in [1.29, 1.82) is 0 Å². The third-order valence-corrected chi connectivity index (χ3v) is 10.6. The Bertz CT molecular complexity index is 727. The van der Waals surface area contributed by atoms with Gasteiger partial charge in [0.1, 0.15) is 6.10 Å². The number of fused-ring (bicyclic) bond motifs is 5. The van der Waals surface area contributed by atoms with Crippen molar-refractivity contribution in [2.45, 2.75) is 124 Å². The highest BCUT2D eigenvalue weighted by Crippen LogP contribution is 2.67. The van der Waals surface area contributed by atoms with E-state index in [0.29, 0.717) is 10.8 Å². The minimum atomic E-state index is -1.23. The van der Waals surface area contributed by atoms with E-state index in [4.69, 9.17) is 10.2 Å². The summed E-state index contributed by atoms with van der Waals surface area (Å²) in [5.41, 5.74) is 2.60. The number of hydrogen-bond donors (Lipinski definition) is 3. The van der Waals surface area contributed by atoms with E-state index in [9.17, 15) is 9.90 Å². The molecule has 0 radical (unpaired) electrons. The number of allylic oxidation sites excluding steroid dienone is 1. The standard InChI is InChI=1S/C27H46O.C3H6O3/c1-18(2)7-6-8-19(3)23-11-12-24-22-10-9-20-17-21(28)13-15-26(20,4)25(22)14-16-27(23,24)5;1-2(4)3(5)6/h9,18-19,21-25,28H,6-8,10-17H2,1-5H3;2,4H,1H3,(H,5,6)/t19?,21-,22-,23+,24-,25-,26-,27+;/m0./s1. The maximum Gasteiger partial charge on any atom is 0.332 e. The fraction of sp³-hybridized carbons (Fsp3) is 0.900. The molecule has 0 spiro atoms. The highest BCUT2D eigenvalue weighted by Gasteiger charge is 2.59. The molecule has 0 aliphatic heterocycles. The number of carbonyl (C=O) groups is 1. The zero-order valence-electron chi connectivity index (χ0n) is 22.7. The first-order valence-corrected chi connectivity index (χ1v) is 14.2. The molecule has 3 N–H and O–H groups in total. The van der Waals surface area contributed by atoms with Crippen LogP contribution in [0.15, 0.2) is 11.6 Å². The van der Waals surface area contributed by atoms with Gasteiger partial charge in [0, 0.05) is 0 Å². The second-order valence-electron chi connectivity index (χ2n) is 13.2. The molecule has 0 saturated heterocycles. The van der Waals surface area contributed by atoms with Gasteiger partial charge in [-0.25, -0.2) is 4.79 Å².